The number of ether oxygens (including phenoxy) is 1. The molecular weight excluding hydrogens is 286 g/mol. The van der Waals surface area contributed by atoms with Crippen LogP contribution in [0.25, 0.3) is 0 Å². The predicted molar refractivity (Wildman–Crippen MR) is 82.6 cm³/mol. The number of amides is 1. The molecule has 1 N–H and O–H groups in total. The van der Waals surface area contributed by atoms with E-state index in [1.165, 1.54) is 0 Å². The number of hydrogen-bond acceptors (Lipinski definition) is 2. The molecule has 0 unspecified atom stereocenters. The molecule has 2 aromatic rings. The van der Waals surface area contributed by atoms with Gasteiger partial charge in [-0.15, -0.1) is 0 Å². The van der Waals surface area contributed by atoms with Crippen LogP contribution in [0.2, 0.25) is 5.02 Å². The number of carbonyl (C=O) groups excluding carboxylic acids is 1. The molecule has 3 rings (SSSR count). The van der Waals surface area contributed by atoms with E-state index in [0.29, 0.717) is 30.3 Å². The molecule has 2 aromatic carbocycles. The van der Waals surface area contributed by atoms with Crippen molar-refractivity contribution in [2.75, 3.05) is 6.54 Å². The summed E-state index contributed by atoms with van der Waals surface area (Å²) in [6.07, 6.45) is 0.528. The van der Waals surface area contributed by atoms with E-state index >= 15 is 0 Å². The average Bonchev–Trinajstić information content (AvgIpc) is 2.94. The number of nitrogens with one attached hydrogen (secondary N) is 1. The quantitative estimate of drug-likeness (QED) is 0.938. The van der Waals surface area contributed by atoms with Crippen LogP contribution in [-0.2, 0) is 11.4 Å². The standard InChI is InChI=1S/C17H16ClNO2/c18-15-7-6-13(14-9-17(20)19-10-14)8-16(15)21-11-12-4-2-1-3-5-12/h1-8,14H,9-11H2,(H,19,20)/t14-/m0/s1. The Kier molecular flexibility index (Phi) is 4.11. The van der Waals surface area contributed by atoms with E-state index in [4.69, 9.17) is 16.3 Å². The van der Waals surface area contributed by atoms with Crippen molar-refractivity contribution in [3.8, 4) is 5.75 Å². The van der Waals surface area contributed by atoms with Crippen LogP contribution >= 0.6 is 11.6 Å². The van der Waals surface area contributed by atoms with Gasteiger partial charge in [-0.05, 0) is 23.3 Å². The number of rotatable bonds is 4. The zero-order valence-electron chi connectivity index (χ0n) is 11.5. The molecule has 0 radical (unpaired) electrons. The number of carbonyl (C=O) groups is 1. The largest absolute Gasteiger partial charge is 0.487 e. The molecule has 1 amide bonds. The van der Waals surface area contributed by atoms with Crippen LogP contribution < -0.4 is 10.1 Å². The van der Waals surface area contributed by atoms with Crippen LogP contribution in [0.1, 0.15) is 23.5 Å². The van der Waals surface area contributed by atoms with Crippen LogP contribution in [0.3, 0.4) is 0 Å². The third-order valence-electron chi connectivity index (χ3n) is 3.64. The number of benzene rings is 2. The second-order valence-electron chi connectivity index (χ2n) is 5.17. The van der Waals surface area contributed by atoms with Crippen molar-refractivity contribution < 1.29 is 9.53 Å². The molecule has 1 fully saturated rings. The molecule has 0 bridgehead atoms. The van der Waals surface area contributed by atoms with E-state index in [-0.39, 0.29) is 11.8 Å². The van der Waals surface area contributed by atoms with Crippen LogP contribution in [0.5, 0.6) is 5.75 Å². The topological polar surface area (TPSA) is 38.3 Å². The average molecular weight is 302 g/mol. The van der Waals surface area contributed by atoms with Gasteiger partial charge in [-0.25, -0.2) is 0 Å². The van der Waals surface area contributed by atoms with Gasteiger partial charge in [-0.3, -0.25) is 4.79 Å². The first-order valence-corrected chi connectivity index (χ1v) is 7.33. The van der Waals surface area contributed by atoms with Crippen molar-refractivity contribution in [2.24, 2.45) is 0 Å². The SMILES string of the molecule is O=C1C[C@H](c2ccc(Cl)c(OCc3ccccc3)c2)CN1. The molecule has 0 saturated carbocycles. The highest BCUT2D eigenvalue weighted by atomic mass is 35.5. The molecule has 1 atom stereocenters. The fourth-order valence-electron chi connectivity index (χ4n) is 2.46. The summed E-state index contributed by atoms with van der Waals surface area (Å²) in [5.41, 5.74) is 2.18. The van der Waals surface area contributed by atoms with E-state index < -0.39 is 0 Å². The minimum Gasteiger partial charge on any atom is -0.487 e. The third-order valence-corrected chi connectivity index (χ3v) is 3.95. The van der Waals surface area contributed by atoms with Gasteiger partial charge in [0.25, 0.3) is 0 Å². The lowest BCUT2D eigenvalue weighted by atomic mass is 9.98. The summed E-state index contributed by atoms with van der Waals surface area (Å²) in [4.78, 5) is 11.3. The Labute approximate surface area is 128 Å². The van der Waals surface area contributed by atoms with Crippen molar-refractivity contribution in [1.82, 2.24) is 5.32 Å². The fraction of sp³-hybridized carbons (Fsp3) is 0.235. The second kappa shape index (κ2) is 6.19. The Morgan fingerprint density at radius 3 is 2.71 bits per heavy atom. The Bertz CT molecular complexity index is 642. The second-order valence-corrected chi connectivity index (χ2v) is 5.58. The smallest absolute Gasteiger partial charge is 0.220 e. The maximum absolute atomic E-state index is 11.3. The molecule has 1 heterocycles. The van der Waals surface area contributed by atoms with Crippen LogP contribution in [0.15, 0.2) is 48.5 Å². The van der Waals surface area contributed by atoms with E-state index in [0.717, 1.165) is 11.1 Å². The van der Waals surface area contributed by atoms with Gasteiger partial charge in [0.2, 0.25) is 5.91 Å². The lowest BCUT2D eigenvalue weighted by molar-refractivity contribution is -0.119. The van der Waals surface area contributed by atoms with E-state index in [1.807, 2.05) is 48.5 Å². The predicted octanol–water partition coefficient (Wildman–Crippen LogP) is 3.52. The molecule has 0 aromatic heterocycles. The Hall–Kier alpha value is -2.00. The Morgan fingerprint density at radius 1 is 1.19 bits per heavy atom. The first-order chi connectivity index (χ1) is 10.2. The summed E-state index contributed by atoms with van der Waals surface area (Å²) in [5.74, 6) is 0.966. The summed E-state index contributed by atoms with van der Waals surface area (Å²) in [7, 11) is 0. The van der Waals surface area contributed by atoms with Gasteiger partial charge in [0.15, 0.2) is 0 Å². The lowest BCUT2D eigenvalue weighted by Crippen LogP contribution is -2.13. The van der Waals surface area contributed by atoms with Gasteiger partial charge in [-0.1, -0.05) is 48.0 Å². The molecule has 1 aliphatic rings. The molecule has 1 saturated heterocycles. The molecule has 0 spiro atoms. The van der Waals surface area contributed by atoms with Gasteiger partial charge >= 0.3 is 0 Å². The minimum absolute atomic E-state index is 0.0988. The summed E-state index contributed by atoms with van der Waals surface area (Å²) in [5, 5.41) is 3.44. The van der Waals surface area contributed by atoms with Crippen molar-refractivity contribution in [2.45, 2.75) is 18.9 Å². The minimum atomic E-state index is 0.0988. The maximum Gasteiger partial charge on any atom is 0.220 e. The molecule has 0 aliphatic carbocycles. The summed E-state index contributed by atoms with van der Waals surface area (Å²) in [6.45, 7) is 1.16. The highest BCUT2D eigenvalue weighted by Crippen LogP contribution is 2.31. The van der Waals surface area contributed by atoms with Gasteiger partial charge in [0.05, 0.1) is 5.02 Å². The van der Waals surface area contributed by atoms with E-state index in [2.05, 4.69) is 5.32 Å². The molecule has 4 heteroatoms. The van der Waals surface area contributed by atoms with Crippen molar-refractivity contribution in [3.05, 3.63) is 64.7 Å². The molecular formula is C17H16ClNO2. The highest BCUT2D eigenvalue weighted by Gasteiger charge is 2.23. The highest BCUT2D eigenvalue weighted by molar-refractivity contribution is 6.32. The van der Waals surface area contributed by atoms with E-state index in [9.17, 15) is 4.79 Å². The molecule has 108 valence electrons. The Balaban J connectivity index is 1.74. The van der Waals surface area contributed by atoms with Gasteiger partial charge < -0.3 is 10.1 Å². The summed E-state index contributed by atoms with van der Waals surface area (Å²) >= 11 is 6.19. The van der Waals surface area contributed by atoms with Gasteiger partial charge in [0.1, 0.15) is 12.4 Å². The molecule has 1 aliphatic heterocycles. The van der Waals surface area contributed by atoms with Crippen molar-refractivity contribution in [1.29, 1.82) is 0 Å². The van der Waals surface area contributed by atoms with E-state index in [1.54, 1.807) is 0 Å². The zero-order valence-corrected chi connectivity index (χ0v) is 12.3. The lowest BCUT2D eigenvalue weighted by Gasteiger charge is -2.13. The van der Waals surface area contributed by atoms with Crippen LogP contribution in [-0.4, -0.2) is 12.5 Å². The fourth-order valence-corrected chi connectivity index (χ4v) is 2.63. The summed E-state index contributed by atoms with van der Waals surface area (Å²) in [6, 6.07) is 15.7. The normalized spacial score (nSPS) is 17.6. The zero-order chi connectivity index (χ0) is 14.7. The van der Waals surface area contributed by atoms with Crippen molar-refractivity contribution >= 4 is 17.5 Å². The third kappa shape index (κ3) is 3.37. The molecule has 3 nitrogen and oxygen atoms in total. The number of halogens is 1. The molecule has 21 heavy (non-hydrogen) atoms. The maximum atomic E-state index is 11.3. The number of hydrogen-bond donors (Lipinski definition) is 1. The summed E-state index contributed by atoms with van der Waals surface area (Å²) < 4.78 is 5.81. The first kappa shape index (κ1) is 14.0. The van der Waals surface area contributed by atoms with Gasteiger partial charge in [0, 0.05) is 18.9 Å². The Morgan fingerprint density at radius 2 is 2.00 bits per heavy atom. The van der Waals surface area contributed by atoms with Crippen molar-refractivity contribution in [3.63, 3.8) is 0 Å². The van der Waals surface area contributed by atoms with Crippen LogP contribution in [0, 0.1) is 0 Å². The van der Waals surface area contributed by atoms with Gasteiger partial charge in [-0.2, -0.15) is 0 Å². The van der Waals surface area contributed by atoms with Crippen LogP contribution in [0.4, 0.5) is 0 Å². The monoisotopic (exact) mass is 301 g/mol. The first-order valence-electron chi connectivity index (χ1n) is 6.95.